The molecule has 1 amide bonds. The third-order valence-corrected chi connectivity index (χ3v) is 6.52. The van der Waals surface area contributed by atoms with Crippen LogP contribution in [0.2, 0.25) is 0 Å². The van der Waals surface area contributed by atoms with E-state index in [0.29, 0.717) is 5.69 Å². The van der Waals surface area contributed by atoms with Crippen LogP contribution >= 0.6 is 0 Å². The molecule has 2 rings (SSSR count). The summed E-state index contributed by atoms with van der Waals surface area (Å²) in [5.41, 5.74) is 1.55. The molecule has 2 aromatic carbocycles. The second-order valence-corrected chi connectivity index (χ2v) is 8.62. The Hall–Kier alpha value is -2.40. The Labute approximate surface area is 143 Å². The lowest BCUT2D eigenvalue weighted by Crippen LogP contribution is -2.38. The van der Waals surface area contributed by atoms with Crippen LogP contribution < -0.4 is 5.32 Å². The fraction of sp³-hybridized carbons (Fsp3) is 0.211. The molecule has 126 valence electrons. The molecule has 0 fully saturated rings. The number of hydrogen-bond donors (Lipinski definition) is 1. The molecule has 0 heterocycles. The van der Waals surface area contributed by atoms with E-state index < -0.39 is 20.5 Å². The Balaban J connectivity index is 2.29. The molecule has 0 aliphatic rings. The Morgan fingerprint density at radius 3 is 2.08 bits per heavy atom. The van der Waals surface area contributed by atoms with Crippen LogP contribution in [0.4, 0.5) is 5.69 Å². The van der Waals surface area contributed by atoms with E-state index in [0.717, 1.165) is 5.56 Å². The van der Waals surface area contributed by atoms with Crippen molar-refractivity contribution in [1.29, 1.82) is 0 Å². The molecule has 24 heavy (non-hydrogen) atoms. The van der Waals surface area contributed by atoms with Gasteiger partial charge in [-0.3, -0.25) is 4.79 Å². The van der Waals surface area contributed by atoms with Gasteiger partial charge in [0.2, 0.25) is 0 Å². The lowest BCUT2D eigenvalue weighted by Gasteiger charge is -2.26. The lowest BCUT2D eigenvalue weighted by molar-refractivity contribution is -0.113. The predicted molar refractivity (Wildman–Crippen MR) is 96.7 cm³/mol. The van der Waals surface area contributed by atoms with Crippen molar-refractivity contribution < 1.29 is 13.2 Å². The molecule has 4 nitrogen and oxygen atoms in total. The first-order valence-corrected chi connectivity index (χ1v) is 9.01. The largest absolute Gasteiger partial charge is 0.322 e. The number of benzene rings is 2. The molecule has 0 radical (unpaired) electrons. The van der Waals surface area contributed by atoms with E-state index in [1.54, 1.807) is 48.5 Å². The van der Waals surface area contributed by atoms with Crippen LogP contribution in [0.3, 0.4) is 0 Å². The number of hydrogen-bond acceptors (Lipinski definition) is 3. The summed E-state index contributed by atoms with van der Waals surface area (Å²) in [5.74, 6) is -0.512. The van der Waals surface area contributed by atoms with Crippen molar-refractivity contribution in [2.75, 3.05) is 5.32 Å². The molecule has 1 N–H and O–H groups in total. The average molecular weight is 343 g/mol. The van der Waals surface area contributed by atoms with Crippen LogP contribution in [0.1, 0.15) is 19.4 Å². The molecule has 0 bridgehead atoms. The fourth-order valence-electron chi connectivity index (χ4n) is 2.18. The quantitative estimate of drug-likeness (QED) is 0.841. The van der Waals surface area contributed by atoms with Gasteiger partial charge in [-0.2, -0.15) is 0 Å². The number of para-hydroxylation sites is 1. The van der Waals surface area contributed by atoms with Gasteiger partial charge in [-0.05, 0) is 45.0 Å². The van der Waals surface area contributed by atoms with Gasteiger partial charge in [-0.15, -0.1) is 0 Å². The van der Waals surface area contributed by atoms with Gasteiger partial charge < -0.3 is 5.32 Å². The molecule has 2 aromatic rings. The summed E-state index contributed by atoms with van der Waals surface area (Å²) in [5, 5.41) is 2.68. The van der Waals surface area contributed by atoms with Gasteiger partial charge in [0.05, 0.1) is 4.90 Å². The van der Waals surface area contributed by atoms with Crippen molar-refractivity contribution in [3.05, 3.63) is 72.3 Å². The number of anilines is 1. The normalized spacial score (nSPS) is 11.8. The average Bonchev–Trinajstić information content (AvgIpc) is 2.55. The molecule has 0 spiro atoms. The maximum Gasteiger partial charge on any atom is 0.252 e. The number of carbonyl (C=O) groups excluding carboxylic acids is 1. The number of rotatable bonds is 5. The Morgan fingerprint density at radius 2 is 1.54 bits per heavy atom. The Morgan fingerprint density at radius 1 is 1.00 bits per heavy atom. The smallest absolute Gasteiger partial charge is 0.252 e. The fourth-order valence-corrected chi connectivity index (χ4v) is 3.68. The number of amides is 1. The molecular formula is C19H21NO3S. The van der Waals surface area contributed by atoms with Crippen LogP contribution in [-0.4, -0.2) is 19.1 Å². The molecule has 0 unspecified atom stereocenters. The highest BCUT2D eigenvalue weighted by Gasteiger charge is 2.41. The Bertz CT molecular complexity index is 851. The van der Waals surface area contributed by atoms with Gasteiger partial charge >= 0.3 is 0 Å². The minimum Gasteiger partial charge on any atom is -0.322 e. The summed E-state index contributed by atoms with van der Waals surface area (Å²) in [7, 11) is -3.75. The molecule has 0 atom stereocenters. The minimum absolute atomic E-state index is 0.00747. The highest BCUT2D eigenvalue weighted by Crippen LogP contribution is 2.32. The van der Waals surface area contributed by atoms with Crippen molar-refractivity contribution in [1.82, 2.24) is 0 Å². The summed E-state index contributed by atoms with van der Waals surface area (Å²) < 4.78 is 24.4. The highest BCUT2D eigenvalue weighted by molar-refractivity contribution is 7.93. The number of carbonyl (C=O) groups is 1. The minimum atomic E-state index is -3.75. The van der Waals surface area contributed by atoms with Crippen molar-refractivity contribution in [3.8, 4) is 0 Å². The third-order valence-electron chi connectivity index (χ3n) is 4.04. The summed E-state index contributed by atoms with van der Waals surface area (Å²) >= 11 is 0. The van der Waals surface area contributed by atoms with Crippen LogP contribution in [-0.2, 0) is 14.6 Å². The van der Waals surface area contributed by atoms with E-state index in [4.69, 9.17) is 0 Å². The molecule has 0 aliphatic carbocycles. The predicted octanol–water partition coefficient (Wildman–Crippen LogP) is 3.74. The summed E-state index contributed by atoms with van der Waals surface area (Å²) in [6, 6.07) is 15.4. The van der Waals surface area contributed by atoms with Crippen molar-refractivity contribution in [2.45, 2.75) is 30.4 Å². The topological polar surface area (TPSA) is 63.2 Å². The van der Waals surface area contributed by atoms with E-state index in [-0.39, 0.29) is 10.5 Å². The van der Waals surface area contributed by atoms with Gasteiger partial charge in [0.25, 0.3) is 5.91 Å². The van der Waals surface area contributed by atoms with Gasteiger partial charge in [0.15, 0.2) is 9.84 Å². The second kappa shape index (κ2) is 6.61. The van der Waals surface area contributed by atoms with Gasteiger partial charge in [-0.1, -0.05) is 42.5 Å². The van der Waals surface area contributed by atoms with E-state index in [9.17, 15) is 13.2 Å². The highest BCUT2D eigenvalue weighted by atomic mass is 32.2. The molecule has 5 heteroatoms. The van der Waals surface area contributed by atoms with Crippen LogP contribution in [0.5, 0.6) is 0 Å². The Kier molecular flexibility index (Phi) is 4.94. The first-order valence-electron chi connectivity index (χ1n) is 7.53. The van der Waals surface area contributed by atoms with E-state index in [1.807, 2.05) is 13.0 Å². The molecule has 0 saturated carbocycles. The summed E-state index contributed by atoms with van der Waals surface area (Å²) in [4.78, 5) is 12.6. The van der Waals surface area contributed by atoms with Gasteiger partial charge in [0, 0.05) is 11.3 Å². The zero-order valence-corrected chi connectivity index (χ0v) is 14.9. The van der Waals surface area contributed by atoms with Crippen LogP contribution in [0, 0.1) is 6.92 Å². The van der Waals surface area contributed by atoms with Crippen LogP contribution in [0.15, 0.2) is 71.6 Å². The van der Waals surface area contributed by atoms with Crippen molar-refractivity contribution in [3.63, 3.8) is 0 Å². The SMILES string of the molecule is C=C(C(=O)Nc1ccccc1)C(C)(C)S(=O)(=O)c1ccc(C)cc1. The molecule has 0 aromatic heterocycles. The first-order chi connectivity index (χ1) is 11.2. The molecule has 0 aliphatic heterocycles. The summed E-state index contributed by atoms with van der Waals surface area (Å²) in [6.45, 7) is 8.61. The van der Waals surface area contributed by atoms with E-state index in [1.165, 1.54) is 13.8 Å². The molecule has 0 saturated heterocycles. The molecular weight excluding hydrogens is 322 g/mol. The number of nitrogens with one attached hydrogen (secondary N) is 1. The van der Waals surface area contributed by atoms with E-state index >= 15 is 0 Å². The number of sulfone groups is 1. The maximum absolute atomic E-state index is 12.9. The monoisotopic (exact) mass is 343 g/mol. The van der Waals surface area contributed by atoms with E-state index in [2.05, 4.69) is 11.9 Å². The summed E-state index contributed by atoms with van der Waals surface area (Å²) in [6.07, 6.45) is 0. The van der Waals surface area contributed by atoms with Gasteiger partial charge in [-0.25, -0.2) is 8.42 Å². The van der Waals surface area contributed by atoms with Crippen molar-refractivity contribution in [2.24, 2.45) is 0 Å². The number of aryl methyl sites for hydroxylation is 1. The van der Waals surface area contributed by atoms with Gasteiger partial charge in [0.1, 0.15) is 4.75 Å². The van der Waals surface area contributed by atoms with Crippen LogP contribution in [0.25, 0.3) is 0 Å². The second-order valence-electron chi connectivity index (χ2n) is 6.13. The zero-order chi connectivity index (χ0) is 18.0. The van der Waals surface area contributed by atoms with Crippen molar-refractivity contribution >= 4 is 21.4 Å². The third kappa shape index (κ3) is 3.41. The zero-order valence-electron chi connectivity index (χ0n) is 14.0. The maximum atomic E-state index is 12.9. The lowest BCUT2D eigenvalue weighted by atomic mass is 10.0. The standard InChI is InChI=1S/C19H21NO3S/c1-14-10-12-17(13-11-14)24(22,23)19(3,4)15(2)18(21)20-16-8-6-5-7-9-16/h5-13H,2H2,1,3-4H3,(H,20,21). The first kappa shape index (κ1) is 17.9.